The summed E-state index contributed by atoms with van der Waals surface area (Å²) in [7, 11) is 1.76. The van der Waals surface area contributed by atoms with Crippen LogP contribution in [0, 0.1) is 0 Å². The summed E-state index contributed by atoms with van der Waals surface area (Å²) in [5.41, 5.74) is 1.71. The lowest BCUT2D eigenvalue weighted by atomic mass is 10.2. The zero-order valence-electron chi connectivity index (χ0n) is 8.47. The fourth-order valence-corrected chi connectivity index (χ4v) is 2.00. The summed E-state index contributed by atoms with van der Waals surface area (Å²) >= 11 is 0. The zero-order valence-corrected chi connectivity index (χ0v) is 8.47. The van der Waals surface area contributed by atoms with Gasteiger partial charge in [0.2, 0.25) is 0 Å². The van der Waals surface area contributed by atoms with Crippen LogP contribution in [-0.4, -0.2) is 27.2 Å². The lowest BCUT2D eigenvalue weighted by Crippen LogP contribution is -2.46. The maximum Gasteiger partial charge on any atom is 0.330 e. The van der Waals surface area contributed by atoms with Gasteiger partial charge in [0.15, 0.2) is 5.65 Å². The van der Waals surface area contributed by atoms with Gasteiger partial charge in [0, 0.05) is 26.3 Å². The Morgan fingerprint density at radius 1 is 1.53 bits per heavy atom. The van der Waals surface area contributed by atoms with E-state index in [-0.39, 0.29) is 11.7 Å². The Labute approximate surface area is 86.3 Å². The summed E-state index contributed by atoms with van der Waals surface area (Å²) in [5, 5.41) is 3.17. The first-order chi connectivity index (χ1) is 7.29. The number of nitrogens with one attached hydrogen (secondary N) is 1. The van der Waals surface area contributed by atoms with Crippen molar-refractivity contribution in [3.8, 4) is 0 Å². The van der Waals surface area contributed by atoms with E-state index in [1.165, 1.54) is 0 Å². The fourth-order valence-electron chi connectivity index (χ4n) is 2.00. The topological polar surface area (TPSA) is 51.9 Å². The Morgan fingerprint density at radius 2 is 2.33 bits per heavy atom. The van der Waals surface area contributed by atoms with E-state index in [0.717, 1.165) is 24.3 Å². The molecule has 0 radical (unpaired) electrons. The molecule has 15 heavy (non-hydrogen) atoms. The van der Waals surface area contributed by atoms with E-state index in [2.05, 4.69) is 10.3 Å². The molecule has 1 aliphatic rings. The standard InChI is InChI=1S/C10H12N4O/c1-13-9-8(3-2-4-12-9)14(10(13)15)7-5-11-6-7/h2-4,7,11H,5-6H2,1H3. The molecule has 0 aliphatic carbocycles. The van der Waals surface area contributed by atoms with Gasteiger partial charge in [0.25, 0.3) is 0 Å². The molecule has 1 saturated heterocycles. The highest BCUT2D eigenvalue weighted by Gasteiger charge is 2.24. The van der Waals surface area contributed by atoms with E-state index in [9.17, 15) is 4.79 Å². The second-order valence-corrected chi connectivity index (χ2v) is 3.87. The lowest BCUT2D eigenvalue weighted by molar-refractivity contribution is 0.341. The number of rotatable bonds is 1. The predicted octanol–water partition coefficient (Wildman–Crippen LogP) is -0.121. The average molecular weight is 204 g/mol. The molecule has 2 aromatic rings. The van der Waals surface area contributed by atoms with Crippen LogP contribution in [0.3, 0.4) is 0 Å². The number of fused-ring (bicyclic) bond motifs is 1. The van der Waals surface area contributed by atoms with Crippen LogP contribution in [0.15, 0.2) is 23.1 Å². The summed E-state index contributed by atoms with van der Waals surface area (Å²) in [6, 6.07) is 4.09. The van der Waals surface area contributed by atoms with Crippen molar-refractivity contribution >= 4 is 11.2 Å². The van der Waals surface area contributed by atoms with Crippen LogP contribution in [0.5, 0.6) is 0 Å². The third-order valence-electron chi connectivity index (χ3n) is 2.96. The Balaban J connectivity index is 2.36. The highest BCUT2D eigenvalue weighted by Crippen LogP contribution is 2.16. The lowest BCUT2D eigenvalue weighted by Gasteiger charge is -2.28. The minimum atomic E-state index is 0.0233. The molecule has 0 spiro atoms. The van der Waals surface area contributed by atoms with E-state index in [1.807, 2.05) is 16.7 Å². The number of aryl methyl sites for hydroxylation is 1. The molecular weight excluding hydrogens is 192 g/mol. The molecular formula is C10H12N4O. The maximum absolute atomic E-state index is 12.0. The zero-order chi connectivity index (χ0) is 10.4. The van der Waals surface area contributed by atoms with Gasteiger partial charge in [0.05, 0.1) is 11.6 Å². The first kappa shape index (κ1) is 8.67. The first-order valence-corrected chi connectivity index (χ1v) is 5.01. The van der Waals surface area contributed by atoms with Crippen molar-refractivity contribution < 1.29 is 0 Å². The summed E-state index contributed by atoms with van der Waals surface area (Å²) in [5.74, 6) is 0. The van der Waals surface area contributed by atoms with Crippen molar-refractivity contribution in [2.24, 2.45) is 7.05 Å². The maximum atomic E-state index is 12.0. The fraction of sp³-hybridized carbons (Fsp3) is 0.400. The minimum Gasteiger partial charge on any atom is -0.313 e. The molecule has 0 aromatic carbocycles. The van der Waals surface area contributed by atoms with Crippen molar-refractivity contribution in [1.82, 2.24) is 19.4 Å². The molecule has 2 aromatic heterocycles. The van der Waals surface area contributed by atoms with Crippen molar-refractivity contribution in [3.63, 3.8) is 0 Å². The summed E-state index contributed by atoms with van der Waals surface area (Å²) in [4.78, 5) is 16.2. The van der Waals surface area contributed by atoms with Gasteiger partial charge >= 0.3 is 5.69 Å². The summed E-state index contributed by atoms with van der Waals surface area (Å²) in [6.45, 7) is 1.74. The average Bonchev–Trinajstić information content (AvgIpc) is 2.42. The van der Waals surface area contributed by atoms with Gasteiger partial charge in [-0.15, -0.1) is 0 Å². The molecule has 0 atom stereocenters. The third-order valence-corrected chi connectivity index (χ3v) is 2.96. The van der Waals surface area contributed by atoms with Crippen molar-refractivity contribution in [2.75, 3.05) is 13.1 Å². The Kier molecular flexibility index (Phi) is 1.70. The molecule has 0 bridgehead atoms. The molecule has 3 rings (SSSR count). The molecule has 5 nitrogen and oxygen atoms in total. The molecule has 0 amide bonds. The number of aromatic nitrogens is 3. The Morgan fingerprint density at radius 3 is 3.00 bits per heavy atom. The number of imidazole rings is 1. The normalized spacial score (nSPS) is 16.9. The molecule has 78 valence electrons. The van der Waals surface area contributed by atoms with Gasteiger partial charge in [-0.3, -0.25) is 9.13 Å². The number of hydrogen-bond acceptors (Lipinski definition) is 3. The van der Waals surface area contributed by atoms with Crippen LogP contribution in [0.1, 0.15) is 6.04 Å². The van der Waals surface area contributed by atoms with Gasteiger partial charge in [-0.05, 0) is 12.1 Å². The van der Waals surface area contributed by atoms with Crippen LogP contribution >= 0.6 is 0 Å². The number of hydrogen-bond donors (Lipinski definition) is 1. The predicted molar refractivity (Wildman–Crippen MR) is 56.9 cm³/mol. The van der Waals surface area contributed by atoms with E-state index in [4.69, 9.17) is 0 Å². The van der Waals surface area contributed by atoms with Crippen LogP contribution in [0.4, 0.5) is 0 Å². The monoisotopic (exact) mass is 204 g/mol. The van der Waals surface area contributed by atoms with Crippen LogP contribution in [0.2, 0.25) is 0 Å². The van der Waals surface area contributed by atoms with E-state index in [0.29, 0.717) is 0 Å². The van der Waals surface area contributed by atoms with E-state index in [1.54, 1.807) is 17.8 Å². The van der Waals surface area contributed by atoms with Crippen LogP contribution < -0.4 is 11.0 Å². The van der Waals surface area contributed by atoms with Gasteiger partial charge in [-0.25, -0.2) is 9.78 Å². The quantitative estimate of drug-likeness (QED) is 0.704. The van der Waals surface area contributed by atoms with Gasteiger partial charge in [0.1, 0.15) is 0 Å². The second kappa shape index (κ2) is 2.93. The summed E-state index contributed by atoms with van der Waals surface area (Å²) in [6.07, 6.45) is 1.71. The minimum absolute atomic E-state index is 0.0233. The molecule has 3 heterocycles. The molecule has 1 aliphatic heterocycles. The van der Waals surface area contributed by atoms with Gasteiger partial charge in [-0.1, -0.05) is 0 Å². The highest BCUT2D eigenvalue weighted by molar-refractivity contribution is 5.71. The molecule has 0 saturated carbocycles. The van der Waals surface area contributed by atoms with Crippen molar-refractivity contribution in [2.45, 2.75) is 6.04 Å². The molecule has 1 N–H and O–H groups in total. The van der Waals surface area contributed by atoms with Crippen molar-refractivity contribution in [1.29, 1.82) is 0 Å². The second-order valence-electron chi connectivity index (χ2n) is 3.87. The number of nitrogens with zero attached hydrogens (tertiary/aromatic N) is 3. The molecule has 5 heteroatoms. The van der Waals surface area contributed by atoms with Gasteiger partial charge in [-0.2, -0.15) is 0 Å². The SMILES string of the molecule is Cn1c(=O)n(C2CNC2)c2cccnc21. The van der Waals surface area contributed by atoms with Crippen LogP contribution in [0.25, 0.3) is 11.2 Å². The Bertz CT molecular complexity index is 564. The largest absolute Gasteiger partial charge is 0.330 e. The first-order valence-electron chi connectivity index (χ1n) is 5.01. The van der Waals surface area contributed by atoms with E-state index >= 15 is 0 Å². The summed E-state index contributed by atoms with van der Waals surface area (Å²) < 4.78 is 3.44. The third kappa shape index (κ3) is 1.07. The van der Waals surface area contributed by atoms with Gasteiger partial charge < -0.3 is 5.32 Å². The van der Waals surface area contributed by atoms with E-state index < -0.39 is 0 Å². The number of pyridine rings is 1. The highest BCUT2D eigenvalue weighted by atomic mass is 16.1. The molecule has 0 unspecified atom stereocenters. The van der Waals surface area contributed by atoms with Crippen molar-refractivity contribution in [3.05, 3.63) is 28.8 Å². The smallest absolute Gasteiger partial charge is 0.313 e. The van der Waals surface area contributed by atoms with Crippen LogP contribution in [-0.2, 0) is 7.05 Å². The Hall–Kier alpha value is -1.62. The molecule has 1 fully saturated rings.